The second-order valence-electron chi connectivity index (χ2n) is 4.44. The minimum Gasteiger partial charge on any atom is -0.508 e. The van der Waals surface area contributed by atoms with Crippen molar-refractivity contribution in [2.75, 3.05) is 13.2 Å². The van der Waals surface area contributed by atoms with Crippen LogP contribution in [0.25, 0.3) is 0 Å². The molecule has 6 heteroatoms. The lowest BCUT2D eigenvalue weighted by Gasteiger charge is -2.16. The Balaban J connectivity index is 2.19. The molecule has 0 spiro atoms. The van der Waals surface area contributed by atoms with Crippen LogP contribution in [-0.4, -0.2) is 35.6 Å². The van der Waals surface area contributed by atoms with Crippen LogP contribution >= 0.6 is 0 Å². The zero-order valence-corrected chi connectivity index (χ0v) is 11.6. The van der Waals surface area contributed by atoms with Gasteiger partial charge in [-0.3, -0.25) is 0 Å². The maximum absolute atomic E-state index is 11.5. The normalized spacial score (nSPS) is 11.7. The summed E-state index contributed by atoms with van der Waals surface area (Å²) in [6.45, 7) is 2.47. The van der Waals surface area contributed by atoms with Gasteiger partial charge in [-0.15, -0.1) is 0 Å². The Hall–Kier alpha value is -1.95. The number of hydrogen-bond donors (Lipinski definition) is 4. The molecule has 0 fully saturated rings. The number of hydrogen-bond acceptors (Lipinski definition) is 4. The van der Waals surface area contributed by atoms with E-state index in [2.05, 4.69) is 10.6 Å². The highest BCUT2D eigenvalue weighted by Crippen LogP contribution is 2.16. The number of ether oxygens (including phenoxy) is 1. The first-order valence-corrected chi connectivity index (χ1v) is 6.72. The van der Waals surface area contributed by atoms with E-state index in [-0.39, 0.29) is 18.4 Å². The summed E-state index contributed by atoms with van der Waals surface area (Å²) >= 11 is 0. The van der Waals surface area contributed by atoms with Crippen molar-refractivity contribution in [3.8, 4) is 11.5 Å². The number of rotatable bonds is 8. The quantitative estimate of drug-likeness (QED) is 0.430. The van der Waals surface area contributed by atoms with Gasteiger partial charge in [0.1, 0.15) is 11.5 Å². The molecule has 1 atom stereocenters. The van der Waals surface area contributed by atoms with Gasteiger partial charge in [0.05, 0.1) is 0 Å². The summed E-state index contributed by atoms with van der Waals surface area (Å²) in [4.78, 5) is 11.5. The van der Waals surface area contributed by atoms with Gasteiger partial charge in [0.2, 0.25) is 0 Å². The number of phenolic OH excluding ortho intramolecular Hbond substituents is 1. The molecular formula is C14H22N2O4. The van der Waals surface area contributed by atoms with Gasteiger partial charge >= 0.3 is 6.03 Å². The molecular weight excluding hydrogens is 260 g/mol. The largest absolute Gasteiger partial charge is 0.508 e. The molecule has 2 amide bonds. The maximum Gasteiger partial charge on any atom is 0.317 e. The summed E-state index contributed by atoms with van der Waals surface area (Å²) in [5.41, 5.74) is 0. The molecule has 6 nitrogen and oxygen atoms in total. The van der Waals surface area contributed by atoms with Crippen molar-refractivity contribution in [1.29, 1.82) is 0 Å². The molecule has 0 aromatic heterocycles. The molecule has 0 aliphatic rings. The lowest BCUT2D eigenvalue weighted by molar-refractivity contribution is 0.177. The second kappa shape index (κ2) is 9.03. The summed E-state index contributed by atoms with van der Waals surface area (Å²) in [6.07, 6.45) is 2.00. The van der Waals surface area contributed by atoms with Crippen LogP contribution in [0, 0.1) is 0 Å². The lowest BCUT2D eigenvalue weighted by Crippen LogP contribution is -2.43. The predicted octanol–water partition coefficient (Wildman–Crippen LogP) is 1.58. The Morgan fingerprint density at radius 1 is 1.25 bits per heavy atom. The summed E-state index contributed by atoms with van der Waals surface area (Å²) in [7, 11) is 0. The number of urea groups is 1. The molecule has 4 N–H and O–H groups in total. The van der Waals surface area contributed by atoms with E-state index in [1.165, 1.54) is 12.1 Å². The van der Waals surface area contributed by atoms with Gasteiger partial charge in [-0.25, -0.2) is 4.79 Å². The highest BCUT2D eigenvalue weighted by molar-refractivity contribution is 5.73. The maximum atomic E-state index is 11.5. The third kappa shape index (κ3) is 6.84. The van der Waals surface area contributed by atoms with Gasteiger partial charge in [-0.1, -0.05) is 0 Å². The van der Waals surface area contributed by atoms with Crippen LogP contribution in [-0.2, 0) is 0 Å². The van der Waals surface area contributed by atoms with E-state index in [0.717, 1.165) is 19.3 Å². The topological polar surface area (TPSA) is 90.8 Å². The Morgan fingerprint density at radius 3 is 2.60 bits per heavy atom. The summed E-state index contributed by atoms with van der Waals surface area (Å²) in [5, 5.41) is 23.1. The molecule has 1 aromatic carbocycles. The second-order valence-corrected chi connectivity index (χ2v) is 4.44. The van der Waals surface area contributed by atoms with E-state index in [1.54, 1.807) is 19.1 Å². The van der Waals surface area contributed by atoms with Crippen LogP contribution in [0.2, 0.25) is 0 Å². The third-order valence-electron chi connectivity index (χ3n) is 2.60. The molecule has 1 aromatic rings. The van der Waals surface area contributed by atoms with E-state index >= 15 is 0 Å². The summed E-state index contributed by atoms with van der Waals surface area (Å²) in [6, 6.07) is 5.99. The number of aromatic hydroxyl groups is 1. The molecule has 0 radical (unpaired) electrons. The number of amides is 2. The molecule has 0 saturated heterocycles. The van der Waals surface area contributed by atoms with Crippen LogP contribution < -0.4 is 15.4 Å². The van der Waals surface area contributed by atoms with Crippen molar-refractivity contribution in [2.45, 2.75) is 32.4 Å². The van der Waals surface area contributed by atoms with Gasteiger partial charge in [0, 0.05) is 13.2 Å². The van der Waals surface area contributed by atoms with Crippen molar-refractivity contribution in [3.63, 3.8) is 0 Å². The van der Waals surface area contributed by atoms with E-state index < -0.39 is 6.23 Å². The Bertz CT molecular complexity index is 395. The van der Waals surface area contributed by atoms with Crippen molar-refractivity contribution in [3.05, 3.63) is 24.3 Å². The third-order valence-corrected chi connectivity index (χ3v) is 2.60. The Kier molecular flexibility index (Phi) is 7.27. The first kappa shape index (κ1) is 16.1. The molecule has 0 aliphatic heterocycles. The van der Waals surface area contributed by atoms with E-state index in [4.69, 9.17) is 14.9 Å². The number of phenols is 1. The van der Waals surface area contributed by atoms with Gasteiger partial charge in [-0.05, 0) is 50.5 Å². The first-order chi connectivity index (χ1) is 9.61. The minimum atomic E-state index is -0.475. The molecule has 0 bridgehead atoms. The number of carbonyl (C=O) groups is 1. The number of aliphatic hydroxyl groups is 1. The van der Waals surface area contributed by atoms with E-state index in [0.29, 0.717) is 12.3 Å². The van der Waals surface area contributed by atoms with Crippen molar-refractivity contribution in [1.82, 2.24) is 10.6 Å². The summed E-state index contributed by atoms with van der Waals surface area (Å²) < 4.78 is 5.47. The molecule has 0 saturated carbocycles. The molecule has 0 heterocycles. The lowest BCUT2D eigenvalue weighted by atomic mass is 10.2. The highest BCUT2D eigenvalue weighted by atomic mass is 16.5. The minimum absolute atomic E-state index is 0.165. The summed E-state index contributed by atoms with van der Waals surface area (Å²) in [5.74, 6) is 0.733. The highest BCUT2D eigenvalue weighted by Gasteiger charge is 2.07. The van der Waals surface area contributed by atoms with Crippen LogP contribution in [0.4, 0.5) is 4.79 Å². The number of benzene rings is 1. The SMILES string of the molecule is CC(NC(=O)NCCCCCO)Oc1ccc(O)cc1. The Labute approximate surface area is 118 Å². The monoisotopic (exact) mass is 282 g/mol. The van der Waals surface area contributed by atoms with Crippen LogP contribution in [0.5, 0.6) is 11.5 Å². The zero-order chi connectivity index (χ0) is 14.8. The van der Waals surface area contributed by atoms with Crippen LogP contribution in [0.1, 0.15) is 26.2 Å². The van der Waals surface area contributed by atoms with Gasteiger partial charge in [0.25, 0.3) is 0 Å². The van der Waals surface area contributed by atoms with Crippen molar-refractivity contribution >= 4 is 6.03 Å². The molecule has 112 valence electrons. The van der Waals surface area contributed by atoms with Crippen molar-refractivity contribution < 1.29 is 19.7 Å². The number of aliphatic hydroxyl groups excluding tert-OH is 1. The molecule has 1 unspecified atom stereocenters. The number of nitrogens with one attached hydrogen (secondary N) is 2. The zero-order valence-electron chi connectivity index (χ0n) is 11.6. The van der Waals surface area contributed by atoms with Crippen LogP contribution in [0.3, 0.4) is 0 Å². The van der Waals surface area contributed by atoms with Crippen molar-refractivity contribution in [2.24, 2.45) is 0 Å². The van der Waals surface area contributed by atoms with E-state index in [9.17, 15) is 4.79 Å². The molecule has 0 aliphatic carbocycles. The smallest absolute Gasteiger partial charge is 0.317 e. The van der Waals surface area contributed by atoms with Gasteiger partial charge in [-0.2, -0.15) is 0 Å². The fourth-order valence-electron chi connectivity index (χ4n) is 1.61. The standard InChI is InChI=1S/C14H22N2O4/c1-11(20-13-7-5-12(18)6-8-13)16-14(19)15-9-3-2-4-10-17/h5-8,11,17-18H,2-4,9-10H2,1H3,(H2,15,16,19). The fraction of sp³-hybridized carbons (Fsp3) is 0.500. The van der Waals surface area contributed by atoms with Gasteiger partial charge < -0.3 is 25.6 Å². The average molecular weight is 282 g/mol. The first-order valence-electron chi connectivity index (χ1n) is 6.72. The molecule has 1 rings (SSSR count). The van der Waals surface area contributed by atoms with Gasteiger partial charge in [0.15, 0.2) is 6.23 Å². The Morgan fingerprint density at radius 2 is 1.95 bits per heavy atom. The predicted molar refractivity (Wildman–Crippen MR) is 75.7 cm³/mol. The average Bonchev–Trinajstić information content (AvgIpc) is 2.41. The molecule has 20 heavy (non-hydrogen) atoms. The van der Waals surface area contributed by atoms with Crippen LogP contribution in [0.15, 0.2) is 24.3 Å². The fourth-order valence-corrected chi connectivity index (χ4v) is 1.61. The van der Waals surface area contributed by atoms with E-state index in [1.807, 2.05) is 0 Å². The number of unbranched alkanes of at least 4 members (excludes halogenated alkanes) is 2. The number of carbonyl (C=O) groups excluding carboxylic acids is 1.